The molecule has 1 aromatic rings. The van der Waals surface area contributed by atoms with Crippen molar-refractivity contribution in [2.45, 2.75) is 52.4 Å². The zero-order chi connectivity index (χ0) is 12.4. The van der Waals surface area contributed by atoms with Crippen molar-refractivity contribution >= 4 is 5.78 Å². The molecule has 0 saturated heterocycles. The number of carbonyl (C=O) groups excluding carboxylic acids is 1. The molecule has 1 aliphatic carbocycles. The van der Waals surface area contributed by atoms with Gasteiger partial charge in [0.1, 0.15) is 0 Å². The summed E-state index contributed by atoms with van der Waals surface area (Å²) < 4.78 is 0. The van der Waals surface area contributed by atoms with E-state index in [9.17, 15) is 4.79 Å². The molecule has 1 nitrogen and oxygen atoms in total. The minimum absolute atomic E-state index is 0.343. The fraction of sp³-hybridized carbons (Fsp3) is 0.562. The summed E-state index contributed by atoms with van der Waals surface area (Å²) in [7, 11) is 0. The third-order valence-electron chi connectivity index (χ3n) is 4.06. The Labute approximate surface area is 104 Å². The second-order valence-corrected chi connectivity index (χ2v) is 5.50. The Morgan fingerprint density at radius 3 is 2.88 bits per heavy atom. The van der Waals surface area contributed by atoms with E-state index < -0.39 is 0 Å². The van der Waals surface area contributed by atoms with Crippen LogP contribution in [0.1, 0.15) is 67.4 Å². The van der Waals surface area contributed by atoms with Crippen LogP contribution in [0.25, 0.3) is 0 Å². The molecule has 0 aliphatic heterocycles. The summed E-state index contributed by atoms with van der Waals surface area (Å²) in [4.78, 5) is 12.2. The van der Waals surface area contributed by atoms with Gasteiger partial charge < -0.3 is 0 Å². The molecular weight excluding hydrogens is 208 g/mol. The maximum absolute atomic E-state index is 12.2. The minimum Gasteiger partial charge on any atom is -0.294 e. The lowest BCUT2D eigenvalue weighted by Gasteiger charge is -2.12. The van der Waals surface area contributed by atoms with Gasteiger partial charge in [-0.05, 0) is 48.3 Å². The number of rotatable bonds is 2. The summed E-state index contributed by atoms with van der Waals surface area (Å²) in [6, 6.07) is 6.52. The normalized spacial score (nSPS) is 21.8. The average molecular weight is 230 g/mol. The Balaban J connectivity index is 2.37. The smallest absolute Gasteiger partial charge is 0.163 e. The van der Waals surface area contributed by atoms with E-state index in [1.165, 1.54) is 11.1 Å². The van der Waals surface area contributed by atoms with Crippen molar-refractivity contribution < 1.29 is 4.79 Å². The van der Waals surface area contributed by atoms with Gasteiger partial charge in [-0.1, -0.05) is 32.9 Å². The summed E-state index contributed by atoms with van der Waals surface area (Å²) in [5.41, 5.74) is 3.56. The molecule has 17 heavy (non-hydrogen) atoms. The molecule has 1 aromatic carbocycles. The number of fused-ring (bicyclic) bond motifs is 1. The molecule has 2 unspecified atom stereocenters. The first-order chi connectivity index (χ1) is 8.11. The molecule has 92 valence electrons. The summed E-state index contributed by atoms with van der Waals surface area (Å²) in [6.45, 7) is 6.60. The van der Waals surface area contributed by atoms with Crippen molar-refractivity contribution in [1.29, 1.82) is 0 Å². The Morgan fingerprint density at radius 1 is 1.41 bits per heavy atom. The summed E-state index contributed by atoms with van der Waals surface area (Å²) in [5, 5.41) is 0. The topological polar surface area (TPSA) is 17.1 Å². The van der Waals surface area contributed by atoms with Gasteiger partial charge in [0.25, 0.3) is 0 Å². The second-order valence-electron chi connectivity index (χ2n) is 5.50. The van der Waals surface area contributed by atoms with Crippen molar-refractivity contribution in [1.82, 2.24) is 0 Å². The molecule has 0 N–H and O–H groups in total. The van der Waals surface area contributed by atoms with E-state index in [4.69, 9.17) is 0 Å². The molecule has 0 spiro atoms. The van der Waals surface area contributed by atoms with Crippen molar-refractivity contribution in [3.8, 4) is 0 Å². The molecule has 2 atom stereocenters. The Morgan fingerprint density at radius 2 is 2.18 bits per heavy atom. The predicted molar refractivity (Wildman–Crippen MR) is 71.6 cm³/mol. The third-order valence-corrected chi connectivity index (χ3v) is 4.06. The molecule has 0 heterocycles. The van der Waals surface area contributed by atoms with Gasteiger partial charge in [0.2, 0.25) is 0 Å². The number of carbonyl (C=O) groups is 1. The van der Waals surface area contributed by atoms with E-state index in [1.54, 1.807) is 0 Å². The molecule has 1 heteroatoms. The monoisotopic (exact) mass is 230 g/mol. The third kappa shape index (κ3) is 2.59. The molecule has 2 rings (SSSR count). The number of Topliss-reactive ketones (excluding diaryl/α,β-unsaturated/α-hetero) is 1. The van der Waals surface area contributed by atoms with E-state index >= 15 is 0 Å². The van der Waals surface area contributed by atoms with Gasteiger partial charge in [-0.3, -0.25) is 4.79 Å². The lowest BCUT2D eigenvalue weighted by Crippen LogP contribution is -2.04. The molecule has 0 radical (unpaired) electrons. The van der Waals surface area contributed by atoms with Gasteiger partial charge in [-0.15, -0.1) is 0 Å². The number of aryl methyl sites for hydroxylation is 1. The fourth-order valence-electron chi connectivity index (χ4n) is 2.54. The maximum Gasteiger partial charge on any atom is 0.163 e. The van der Waals surface area contributed by atoms with Crippen molar-refractivity contribution in [2.75, 3.05) is 0 Å². The van der Waals surface area contributed by atoms with E-state index in [-0.39, 0.29) is 0 Å². The number of hydrogen-bond donors (Lipinski definition) is 0. The SMILES string of the molecule is CCC(C)c1ccc2c(c1)C(=O)CC(C)CC2. The second kappa shape index (κ2) is 5.03. The highest BCUT2D eigenvalue weighted by Crippen LogP contribution is 2.28. The van der Waals surface area contributed by atoms with Crippen molar-refractivity contribution in [3.63, 3.8) is 0 Å². The Hall–Kier alpha value is -1.11. The average Bonchev–Trinajstić information content (AvgIpc) is 2.48. The minimum atomic E-state index is 0.343. The standard InChI is InChI=1S/C16H22O/c1-4-12(3)14-8-7-13-6-5-11(2)9-16(17)15(13)10-14/h7-8,10-12H,4-6,9H2,1-3H3. The van der Waals surface area contributed by atoms with Crippen LogP contribution >= 0.6 is 0 Å². The largest absolute Gasteiger partial charge is 0.294 e. The highest BCUT2D eigenvalue weighted by Gasteiger charge is 2.20. The summed E-state index contributed by atoms with van der Waals surface area (Å²) in [5.74, 6) is 1.42. The van der Waals surface area contributed by atoms with Crippen molar-refractivity contribution in [2.24, 2.45) is 5.92 Å². The quantitative estimate of drug-likeness (QED) is 0.690. The molecule has 0 saturated carbocycles. The summed E-state index contributed by atoms with van der Waals surface area (Å²) >= 11 is 0. The lowest BCUT2D eigenvalue weighted by molar-refractivity contribution is 0.0967. The van der Waals surface area contributed by atoms with Crippen LogP contribution in [0.3, 0.4) is 0 Å². The lowest BCUT2D eigenvalue weighted by atomic mass is 9.92. The van der Waals surface area contributed by atoms with Gasteiger partial charge in [-0.25, -0.2) is 0 Å². The molecule has 0 aromatic heterocycles. The zero-order valence-electron chi connectivity index (χ0n) is 11.1. The molecule has 0 bridgehead atoms. The molecule has 0 amide bonds. The number of ketones is 1. The van der Waals surface area contributed by atoms with E-state index in [2.05, 4.69) is 39.0 Å². The van der Waals surface area contributed by atoms with Crippen LogP contribution in [0.5, 0.6) is 0 Å². The fourth-order valence-corrected chi connectivity index (χ4v) is 2.54. The van der Waals surface area contributed by atoms with E-state index in [0.717, 1.165) is 31.2 Å². The van der Waals surface area contributed by atoms with Gasteiger partial charge in [0, 0.05) is 12.0 Å². The van der Waals surface area contributed by atoms with Crippen molar-refractivity contribution in [3.05, 3.63) is 34.9 Å². The number of benzene rings is 1. The van der Waals surface area contributed by atoms with Crippen LogP contribution in [0.4, 0.5) is 0 Å². The van der Waals surface area contributed by atoms with Gasteiger partial charge in [-0.2, -0.15) is 0 Å². The predicted octanol–water partition coefficient (Wildman–Crippen LogP) is 4.36. The maximum atomic E-state index is 12.2. The van der Waals surface area contributed by atoms with Crippen LogP contribution in [0.15, 0.2) is 18.2 Å². The van der Waals surface area contributed by atoms with Crippen LogP contribution in [-0.2, 0) is 6.42 Å². The number of hydrogen-bond acceptors (Lipinski definition) is 1. The Bertz CT molecular complexity index is 420. The highest BCUT2D eigenvalue weighted by molar-refractivity contribution is 5.98. The van der Waals surface area contributed by atoms with Gasteiger partial charge >= 0.3 is 0 Å². The van der Waals surface area contributed by atoms with Gasteiger partial charge in [0.05, 0.1) is 0 Å². The van der Waals surface area contributed by atoms with Crippen LogP contribution in [0, 0.1) is 5.92 Å². The van der Waals surface area contributed by atoms with Crippen LogP contribution in [-0.4, -0.2) is 5.78 Å². The first-order valence-corrected chi connectivity index (χ1v) is 6.77. The molecule has 0 fully saturated rings. The highest BCUT2D eigenvalue weighted by atomic mass is 16.1. The van der Waals surface area contributed by atoms with E-state index in [1.807, 2.05) is 0 Å². The zero-order valence-corrected chi connectivity index (χ0v) is 11.1. The molecular formula is C16H22O. The summed E-state index contributed by atoms with van der Waals surface area (Å²) in [6.07, 6.45) is 4.05. The first kappa shape index (κ1) is 12.3. The molecule has 1 aliphatic rings. The Kier molecular flexibility index (Phi) is 3.66. The van der Waals surface area contributed by atoms with Gasteiger partial charge in [0.15, 0.2) is 5.78 Å². The van der Waals surface area contributed by atoms with Crippen LogP contribution in [0.2, 0.25) is 0 Å². The first-order valence-electron chi connectivity index (χ1n) is 6.77. The van der Waals surface area contributed by atoms with Crippen LogP contribution < -0.4 is 0 Å². The van der Waals surface area contributed by atoms with E-state index in [0.29, 0.717) is 17.6 Å².